The summed E-state index contributed by atoms with van der Waals surface area (Å²) >= 11 is 12.9. The van der Waals surface area contributed by atoms with E-state index in [1.54, 1.807) is 0 Å². The Morgan fingerprint density at radius 3 is 2.55 bits per heavy atom. The van der Waals surface area contributed by atoms with Crippen LogP contribution in [0.1, 0.15) is 12.0 Å². The molecule has 3 rings (SSSR count). The van der Waals surface area contributed by atoms with Crippen LogP contribution in [-0.4, -0.2) is 0 Å². The smallest absolute Gasteiger partial charge is 0.0918 e. The first-order valence-electron chi connectivity index (χ1n) is 6.58. The third-order valence-electron chi connectivity index (χ3n) is 3.53. The average Bonchev–Trinajstić information content (AvgIpc) is 2.48. The SMILES string of the molecule is Clc1cccc(-c2ccccc2C2(Cl)C=CC=CC2)c1. The van der Waals surface area contributed by atoms with E-state index in [0.29, 0.717) is 0 Å². The van der Waals surface area contributed by atoms with Gasteiger partial charge in [-0.25, -0.2) is 0 Å². The highest BCUT2D eigenvalue weighted by atomic mass is 35.5. The summed E-state index contributed by atoms with van der Waals surface area (Å²) < 4.78 is 0. The van der Waals surface area contributed by atoms with Gasteiger partial charge in [-0.15, -0.1) is 11.6 Å². The summed E-state index contributed by atoms with van der Waals surface area (Å²) in [6, 6.07) is 16.1. The van der Waals surface area contributed by atoms with Crippen molar-refractivity contribution in [2.24, 2.45) is 0 Å². The molecule has 2 aromatic carbocycles. The predicted octanol–water partition coefficient (Wildman–Crippen LogP) is 5.96. The summed E-state index contributed by atoms with van der Waals surface area (Å²) in [5.41, 5.74) is 3.34. The molecule has 1 aliphatic carbocycles. The van der Waals surface area contributed by atoms with E-state index in [0.717, 1.165) is 28.1 Å². The molecule has 1 aliphatic rings. The first kappa shape index (κ1) is 13.5. The van der Waals surface area contributed by atoms with Gasteiger partial charge in [0.05, 0.1) is 4.87 Å². The molecule has 0 spiro atoms. The fourth-order valence-corrected chi connectivity index (χ4v) is 3.06. The molecule has 0 heterocycles. The monoisotopic (exact) mass is 300 g/mol. The van der Waals surface area contributed by atoms with Crippen molar-refractivity contribution < 1.29 is 0 Å². The Morgan fingerprint density at radius 1 is 0.950 bits per heavy atom. The van der Waals surface area contributed by atoms with Gasteiger partial charge < -0.3 is 0 Å². The first-order valence-corrected chi connectivity index (χ1v) is 7.33. The molecule has 0 saturated heterocycles. The fourth-order valence-electron chi connectivity index (χ4n) is 2.55. The number of hydrogen-bond acceptors (Lipinski definition) is 0. The number of benzene rings is 2. The van der Waals surface area contributed by atoms with Gasteiger partial charge >= 0.3 is 0 Å². The minimum Gasteiger partial charge on any atom is -0.109 e. The van der Waals surface area contributed by atoms with Gasteiger partial charge in [0, 0.05) is 5.02 Å². The number of allylic oxidation sites excluding steroid dienone is 4. The highest BCUT2D eigenvalue weighted by Crippen LogP contribution is 2.42. The van der Waals surface area contributed by atoms with Gasteiger partial charge in [0.2, 0.25) is 0 Å². The van der Waals surface area contributed by atoms with E-state index in [2.05, 4.69) is 30.4 Å². The molecule has 0 amide bonds. The number of alkyl halides is 1. The van der Waals surface area contributed by atoms with Gasteiger partial charge in [-0.2, -0.15) is 0 Å². The lowest BCUT2D eigenvalue weighted by Gasteiger charge is -2.27. The molecule has 0 aromatic heterocycles. The molecule has 1 atom stereocenters. The van der Waals surface area contributed by atoms with Gasteiger partial charge in [0.15, 0.2) is 0 Å². The van der Waals surface area contributed by atoms with E-state index in [1.807, 2.05) is 42.5 Å². The summed E-state index contributed by atoms with van der Waals surface area (Å²) in [6.07, 6.45) is 8.98. The normalized spacial score (nSPS) is 21.1. The second-order valence-corrected chi connectivity index (χ2v) is 6.02. The minimum atomic E-state index is -0.479. The maximum atomic E-state index is 6.82. The van der Waals surface area contributed by atoms with Crippen molar-refractivity contribution in [3.05, 3.63) is 83.4 Å². The van der Waals surface area contributed by atoms with Crippen LogP contribution in [0.4, 0.5) is 0 Å². The quantitative estimate of drug-likeness (QED) is 0.601. The van der Waals surface area contributed by atoms with Crippen molar-refractivity contribution in [1.82, 2.24) is 0 Å². The molecule has 0 aliphatic heterocycles. The molecule has 0 saturated carbocycles. The largest absolute Gasteiger partial charge is 0.109 e. The highest BCUT2D eigenvalue weighted by Gasteiger charge is 2.28. The Kier molecular flexibility index (Phi) is 3.69. The van der Waals surface area contributed by atoms with Crippen molar-refractivity contribution in [3.8, 4) is 11.1 Å². The van der Waals surface area contributed by atoms with E-state index in [4.69, 9.17) is 23.2 Å². The lowest BCUT2D eigenvalue weighted by Crippen LogP contribution is -2.17. The number of hydrogen-bond donors (Lipinski definition) is 0. The third kappa shape index (κ3) is 2.54. The van der Waals surface area contributed by atoms with Crippen molar-refractivity contribution in [1.29, 1.82) is 0 Å². The number of rotatable bonds is 2. The Hall–Kier alpha value is -1.50. The molecule has 0 N–H and O–H groups in total. The van der Waals surface area contributed by atoms with Gasteiger partial charge in [-0.05, 0) is 35.2 Å². The summed E-state index contributed by atoms with van der Waals surface area (Å²) in [4.78, 5) is -0.479. The van der Waals surface area contributed by atoms with E-state index in [9.17, 15) is 0 Å². The van der Waals surface area contributed by atoms with Crippen LogP contribution in [0, 0.1) is 0 Å². The van der Waals surface area contributed by atoms with Gasteiger partial charge in [-0.1, -0.05) is 72.3 Å². The Labute approximate surface area is 129 Å². The highest BCUT2D eigenvalue weighted by molar-refractivity contribution is 6.31. The second kappa shape index (κ2) is 5.47. The zero-order chi connectivity index (χ0) is 14.0. The maximum Gasteiger partial charge on any atom is 0.0918 e. The third-order valence-corrected chi connectivity index (χ3v) is 4.25. The van der Waals surface area contributed by atoms with Crippen molar-refractivity contribution in [2.45, 2.75) is 11.3 Å². The van der Waals surface area contributed by atoms with Gasteiger partial charge in [0.25, 0.3) is 0 Å². The standard InChI is InChI=1S/C18H14Cl2/c19-15-8-6-7-14(13-15)16-9-2-3-10-17(16)18(20)11-4-1-5-12-18/h1-11,13H,12H2. The van der Waals surface area contributed by atoms with Gasteiger partial charge in [-0.3, -0.25) is 0 Å². The topological polar surface area (TPSA) is 0 Å². The van der Waals surface area contributed by atoms with E-state index < -0.39 is 4.87 Å². The molecular formula is C18H14Cl2. The van der Waals surface area contributed by atoms with Crippen LogP contribution in [0.2, 0.25) is 5.02 Å². The zero-order valence-corrected chi connectivity index (χ0v) is 12.4. The van der Waals surface area contributed by atoms with E-state index >= 15 is 0 Å². The summed E-state index contributed by atoms with van der Waals surface area (Å²) in [5.74, 6) is 0. The first-order chi connectivity index (χ1) is 9.69. The fraction of sp³-hybridized carbons (Fsp3) is 0.111. The van der Waals surface area contributed by atoms with Crippen LogP contribution in [-0.2, 0) is 4.87 Å². The molecular weight excluding hydrogens is 287 g/mol. The molecule has 2 aromatic rings. The summed E-state index contributed by atoms with van der Waals surface area (Å²) in [6.45, 7) is 0. The minimum absolute atomic E-state index is 0.479. The Bertz CT molecular complexity index is 685. The van der Waals surface area contributed by atoms with Crippen LogP contribution in [0.3, 0.4) is 0 Å². The van der Waals surface area contributed by atoms with Gasteiger partial charge in [0.1, 0.15) is 0 Å². The number of halogens is 2. The van der Waals surface area contributed by atoms with E-state index in [1.165, 1.54) is 0 Å². The molecule has 20 heavy (non-hydrogen) atoms. The van der Waals surface area contributed by atoms with Crippen LogP contribution >= 0.6 is 23.2 Å². The van der Waals surface area contributed by atoms with Crippen LogP contribution in [0.5, 0.6) is 0 Å². The maximum absolute atomic E-state index is 6.82. The molecule has 1 unspecified atom stereocenters. The zero-order valence-electron chi connectivity index (χ0n) is 10.9. The van der Waals surface area contributed by atoms with Crippen LogP contribution < -0.4 is 0 Å². The Balaban J connectivity index is 2.14. The van der Waals surface area contributed by atoms with Crippen LogP contribution in [0.15, 0.2) is 72.8 Å². The molecule has 100 valence electrons. The second-order valence-electron chi connectivity index (χ2n) is 4.91. The summed E-state index contributed by atoms with van der Waals surface area (Å²) in [5, 5.41) is 0.736. The van der Waals surface area contributed by atoms with Crippen molar-refractivity contribution in [3.63, 3.8) is 0 Å². The molecule has 0 bridgehead atoms. The average molecular weight is 301 g/mol. The van der Waals surface area contributed by atoms with Crippen molar-refractivity contribution >= 4 is 23.2 Å². The lowest BCUT2D eigenvalue weighted by molar-refractivity contribution is 0.765. The van der Waals surface area contributed by atoms with E-state index in [-0.39, 0.29) is 0 Å². The molecule has 2 heteroatoms. The summed E-state index contributed by atoms with van der Waals surface area (Å²) in [7, 11) is 0. The predicted molar refractivity (Wildman–Crippen MR) is 87.3 cm³/mol. The molecule has 0 nitrogen and oxygen atoms in total. The van der Waals surface area contributed by atoms with Crippen LogP contribution in [0.25, 0.3) is 11.1 Å². The van der Waals surface area contributed by atoms with Crippen molar-refractivity contribution in [2.75, 3.05) is 0 Å². The molecule has 0 radical (unpaired) electrons. The Morgan fingerprint density at radius 2 is 1.80 bits per heavy atom. The lowest BCUT2D eigenvalue weighted by atomic mass is 9.86. The molecule has 0 fully saturated rings.